The molecule has 0 spiro atoms. The fourth-order valence-corrected chi connectivity index (χ4v) is 4.40. The Bertz CT molecular complexity index is 901. The molecule has 1 aromatic carbocycles. The van der Waals surface area contributed by atoms with Crippen molar-refractivity contribution < 1.29 is 13.9 Å². The maximum absolute atomic E-state index is 13.8. The lowest BCUT2D eigenvalue weighted by Crippen LogP contribution is -2.26. The summed E-state index contributed by atoms with van der Waals surface area (Å²) in [5, 5.41) is 14.8. The van der Waals surface area contributed by atoms with Crippen molar-refractivity contribution in [3.8, 4) is 5.88 Å². The summed E-state index contributed by atoms with van der Waals surface area (Å²) >= 11 is 1.33. The van der Waals surface area contributed by atoms with Crippen LogP contribution in [-0.4, -0.2) is 37.7 Å². The molecule has 3 heterocycles. The van der Waals surface area contributed by atoms with Gasteiger partial charge in [-0.25, -0.2) is 13.8 Å². The van der Waals surface area contributed by atoms with E-state index in [1.165, 1.54) is 21.9 Å². The van der Waals surface area contributed by atoms with Gasteiger partial charge in [0.25, 0.3) is 0 Å². The zero-order valence-electron chi connectivity index (χ0n) is 13.0. The quantitative estimate of drug-likeness (QED) is 0.788. The van der Waals surface area contributed by atoms with Gasteiger partial charge in [-0.05, 0) is 50.6 Å². The lowest BCUT2D eigenvalue weighted by molar-refractivity contribution is 0.276. The van der Waals surface area contributed by atoms with Crippen molar-refractivity contribution in [2.24, 2.45) is 0 Å². The Morgan fingerprint density at radius 3 is 2.62 bits per heavy atom. The molecule has 126 valence electrons. The van der Waals surface area contributed by atoms with Crippen LogP contribution in [0.1, 0.15) is 35.1 Å². The van der Waals surface area contributed by atoms with Crippen LogP contribution >= 0.6 is 11.3 Å². The summed E-state index contributed by atoms with van der Waals surface area (Å²) in [4.78, 5) is 7.70. The SMILES string of the molecule is Cc1nc2sc(C(c3ccc(F)c(F)c3)N3CCCC3)c(O)n2n1. The molecular formula is C16H16F2N4OS. The Kier molecular flexibility index (Phi) is 3.73. The van der Waals surface area contributed by atoms with E-state index in [2.05, 4.69) is 15.0 Å². The second-order valence-corrected chi connectivity index (χ2v) is 6.97. The van der Waals surface area contributed by atoms with Gasteiger partial charge < -0.3 is 5.11 Å². The number of hydrogen-bond acceptors (Lipinski definition) is 5. The molecule has 1 saturated heterocycles. The highest BCUT2D eigenvalue weighted by atomic mass is 32.1. The van der Waals surface area contributed by atoms with Crippen LogP contribution in [0.25, 0.3) is 4.96 Å². The van der Waals surface area contributed by atoms with Gasteiger partial charge in [-0.3, -0.25) is 4.90 Å². The van der Waals surface area contributed by atoms with E-state index in [1.807, 2.05) is 0 Å². The molecule has 2 aromatic heterocycles. The third-order valence-corrected chi connectivity index (χ3v) is 5.39. The highest BCUT2D eigenvalue weighted by molar-refractivity contribution is 7.17. The van der Waals surface area contributed by atoms with Gasteiger partial charge >= 0.3 is 0 Å². The van der Waals surface area contributed by atoms with Crippen LogP contribution in [0.2, 0.25) is 0 Å². The third-order valence-electron chi connectivity index (χ3n) is 4.32. The molecule has 1 unspecified atom stereocenters. The zero-order chi connectivity index (χ0) is 16.8. The van der Waals surface area contributed by atoms with E-state index in [0.717, 1.165) is 32.0 Å². The molecule has 1 atom stereocenters. The normalized spacial score (nSPS) is 17.0. The van der Waals surface area contributed by atoms with Crippen LogP contribution in [0.3, 0.4) is 0 Å². The number of fused-ring (bicyclic) bond motifs is 1. The van der Waals surface area contributed by atoms with Crippen LogP contribution in [0.5, 0.6) is 5.88 Å². The number of aryl methyl sites for hydroxylation is 1. The van der Waals surface area contributed by atoms with Crippen LogP contribution in [-0.2, 0) is 0 Å². The van der Waals surface area contributed by atoms with Crippen molar-refractivity contribution in [3.05, 3.63) is 46.1 Å². The molecule has 1 aliphatic heterocycles. The van der Waals surface area contributed by atoms with E-state index in [0.29, 0.717) is 21.2 Å². The summed E-state index contributed by atoms with van der Waals surface area (Å²) in [6, 6.07) is 3.57. The molecule has 0 radical (unpaired) electrons. The number of rotatable bonds is 3. The average Bonchev–Trinajstić information content (AvgIpc) is 3.24. The van der Waals surface area contributed by atoms with Gasteiger partial charge in [0.2, 0.25) is 10.8 Å². The number of aromatic hydroxyl groups is 1. The van der Waals surface area contributed by atoms with Crippen LogP contribution < -0.4 is 0 Å². The molecule has 5 nitrogen and oxygen atoms in total. The van der Waals surface area contributed by atoms with Crippen molar-refractivity contribution in [3.63, 3.8) is 0 Å². The molecule has 0 aliphatic carbocycles. The number of aromatic nitrogens is 3. The molecule has 0 bridgehead atoms. The first-order chi connectivity index (χ1) is 11.5. The number of hydrogen-bond donors (Lipinski definition) is 1. The van der Waals surface area contributed by atoms with Crippen molar-refractivity contribution >= 4 is 16.3 Å². The summed E-state index contributed by atoms with van der Waals surface area (Å²) in [5.74, 6) is -1.17. The molecule has 1 aliphatic rings. The van der Waals surface area contributed by atoms with Crippen LogP contribution in [0.4, 0.5) is 8.78 Å². The predicted molar refractivity (Wildman–Crippen MR) is 86.3 cm³/mol. The number of benzene rings is 1. The molecule has 8 heteroatoms. The van der Waals surface area contributed by atoms with E-state index < -0.39 is 11.6 Å². The van der Waals surface area contributed by atoms with Gasteiger partial charge in [0.15, 0.2) is 11.6 Å². The minimum Gasteiger partial charge on any atom is -0.492 e. The first-order valence-corrected chi connectivity index (χ1v) is 8.60. The fraction of sp³-hybridized carbons (Fsp3) is 0.375. The minimum absolute atomic E-state index is 0.0113. The van der Waals surface area contributed by atoms with Gasteiger partial charge in [-0.2, -0.15) is 4.52 Å². The topological polar surface area (TPSA) is 53.7 Å². The van der Waals surface area contributed by atoms with Crippen molar-refractivity contribution in [1.82, 2.24) is 19.5 Å². The Hall–Kier alpha value is -2.06. The lowest BCUT2D eigenvalue weighted by Gasteiger charge is -2.27. The van der Waals surface area contributed by atoms with Crippen molar-refractivity contribution in [2.75, 3.05) is 13.1 Å². The standard InChI is InChI=1S/C16H16F2N4OS/c1-9-19-16-22(20-9)15(23)14(24-16)13(21-6-2-3-7-21)10-4-5-11(17)12(18)8-10/h4-5,8,13,23H,2-3,6-7H2,1H3. The van der Waals surface area contributed by atoms with Crippen LogP contribution in [0.15, 0.2) is 18.2 Å². The van der Waals surface area contributed by atoms with E-state index in [-0.39, 0.29) is 11.9 Å². The summed E-state index contributed by atoms with van der Waals surface area (Å²) in [7, 11) is 0. The maximum atomic E-state index is 13.8. The maximum Gasteiger partial charge on any atom is 0.230 e. The van der Waals surface area contributed by atoms with E-state index in [4.69, 9.17) is 0 Å². The number of likely N-dealkylation sites (tertiary alicyclic amines) is 1. The van der Waals surface area contributed by atoms with E-state index in [1.54, 1.807) is 13.0 Å². The molecular weight excluding hydrogens is 334 g/mol. The van der Waals surface area contributed by atoms with Gasteiger partial charge in [0.05, 0.1) is 10.9 Å². The zero-order valence-corrected chi connectivity index (χ0v) is 13.9. The molecule has 1 N–H and O–H groups in total. The van der Waals surface area contributed by atoms with E-state index >= 15 is 0 Å². The van der Waals surface area contributed by atoms with E-state index in [9.17, 15) is 13.9 Å². The Morgan fingerprint density at radius 1 is 1.21 bits per heavy atom. The summed E-state index contributed by atoms with van der Waals surface area (Å²) in [6.07, 6.45) is 2.08. The van der Waals surface area contributed by atoms with Crippen molar-refractivity contribution in [1.29, 1.82) is 0 Å². The molecule has 24 heavy (non-hydrogen) atoms. The minimum atomic E-state index is -0.883. The molecule has 1 fully saturated rings. The molecule has 0 amide bonds. The monoisotopic (exact) mass is 350 g/mol. The highest BCUT2D eigenvalue weighted by Crippen LogP contribution is 2.41. The van der Waals surface area contributed by atoms with Gasteiger partial charge in [-0.15, -0.1) is 5.10 Å². The second kappa shape index (κ2) is 5.78. The second-order valence-electron chi connectivity index (χ2n) is 5.96. The fourth-order valence-electron chi connectivity index (χ4n) is 3.24. The summed E-state index contributed by atoms with van der Waals surface area (Å²) in [6.45, 7) is 3.44. The largest absolute Gasteiger partial charge is 0.492 e. The Labute approximate surface area is 141 Å². The summed E-state index contributed by atoms with van der Waals surface area (Å²) < 4.78 is 28.5. The van der Waals surface area contributed by atoms with Gasteiger partial charge in [0.1, 0.15) is 5.82 Å². The number of nitrogens with zero attached hydrogens (tertiary/aromatic N) is 4. The molecule has 4 rings (SSSR count). The molecule has 3 aromatic rings. The molecule has 0 saturated carbocycles. The average molecular weight is 350 g/mol. The summed E-state index contributed by atoms with van der Waals surface area (Å²) in [5.41, 5.74) is 0.618. The Balaban J connectivity index is 1.86. The predicted octanol–water partition coefficient (Wildman–Crippen LogP) is 3.27. The van der Waals surface area contributed by atoms with Crippen molar-refractivity contribution in [2.45, 2.75) is 25.8 Å². The number of thiazole rings is 1. The van der Waals surface area contributed by atoms with Crippen LogP contribution in [0, 0.1) is 18.6 Å². The smallest absolute Gasteiger partial charge is 0.230 e. The number of halogens is 2. The first-order valence-electron chi connectivity index (χ1n) is 7.78. The Morgan fingerprint density at radius 2 is 1.96 bits per heavy atom. The van der Waals surface area contributed by atoms with Gasteiger partial charge in [-0.1, -0.05) is 17.4 Å². The highest BCUT2D eigenvalue weighted by Gasteiger charge is 2.31. The third kappa shape index (κ3) is 2.46. The first kappa shape index (κ1) is 15.5. The van der Waals surface area contributed by atoms with Gasteiger partial charge in [0, 0.05) is 0 Å². The lowest BCUT2D eigenvalue weighted by atomic mass is 10.0.